The second kappa shape index (κ2) is 18.7. The van der Waals surface area contributed by atoms with E-state index in [1.807, 2.05) is 170 Å². The summed E-state index contributed by atoms with van der Waals surface area (Å²) in [6.45, 7) is 0. The lowest BCUT2D eigenvalue weighted by molar-refractivity contribution is 1.06. The SMILES string of the molecule is c1ccc(-c2cc(-c3ccc(-n4c5ccccc5c5cc(-c6nc(-c7ccccc7)nc(-c7ccccc7)n6)ccc54)c(-c4nc(-c5ccccc5)nc(-c5ccccc5)n4)c3)nc(-c3ccccc3)n2)cc1. The van der Waals surface area contributed by atoms with Crippen LogP contribution in [0.5, 0.6) is 0 Å². The Kier molecular flexibility index (Phi) is 11.0. The smallest absolute Gasteiger partial charge is 0.166 e. The van der Waals surface area contributed by atoms with Gasteiger partial charge in [-0.1, -0.05) is 206 Å². The van der Waals surface area contributed by atoms with Crippen molar-refractivity contribution >= 4 is 21.8 Å². The minimum absolute atomic E-state index is 0.514. The van der Waals surface area contributed by atoms with E-state index in [1.165, 1.54) is 0 Å². The fourth-order valence-electron chi connectivity index (χ4n) is 9.38. The number of benzene rings is 9. The van der Waals surface area contributed by atoms with Gasteiger partial charge in [-0.2, -0.15) is 0 Å². The van der Waals surface area contributed by atoms with Crippen LogP contribution in [0.15, 0.2) is 249 Å². The van der Waals surface area contributed by atoms with Crippen LogP contribution in [0, 0.1) is 0 Å². The second-order valence-corrected chi connectivity index (χ2v) is 17.6. The van der Waals surface area contributed by atoms with Gasteiger partial charge in [0, 0.05) is 60.8 Å². The highest BCUT2D eigenvalue weighted by molar-refractivity contribution is 6.11. The highest BCUT2D eigenvalue weighted by Crippen LogP contribution is 2.40. The van der Waals surface area contributed by atoms with Gasteiger partial charge in [-0.3, -0.25) is 0 Å². The minimum atomic E-state index is 0.514. The van der Waals surface area contributed by atoms with Crippen LogP contribution in [0.25, 0.3) is 130 Å². The van der Waals surface area contributed by atoms with E-state index in [-0.39, 0.29) is 0 Å². The Bertz CT molecular complexity index is 3940. The van der Waals surface area contributed by atoms with Crippen LogP contribution in [0.3, 0.4) is 0 Å². The molecule has 0 radical (unpaired) electrons. The molecule has 4 aromatic heterocycles. The quantitative estimate of drug-likeness (QED) is 0.133. The third-order valence-corrected chi connectivity index (χ3v) is 12.9. The molecule has 342 valence electrons. The van der Waals surface area contributed by atoms with Crippen LogP contribution >= 0.6 is 0 Å². The Morgan fingerprint density at radius 1 is 0.219 bits per heavy atom. The minimum Gasteiger partial charge on any atom is -0.309 e. The first-order valence-corrected chi connectivity index (χ1v) is 24.1. The van der Waals surface area contributed by atoms with E-state index in [4.69, 9.17) is 39.9 Å². The fourth-order valence-corrected chi connectivity index (χ4v) is 9.38. The predicted molar refractivity (Wildman–Crippen MR) is 292 cm³/mol. The van der Waals surface area contributed by atoms with Crippen molar-refractivity contribution < 1.29 is 0 Å². The van der Waals surface area contributed by atoms with Crippen LogP contribution in [0.2, 0.25) is 0 Å². The Morgan fingerprint density at radius 2 is 0.575 bits per heavy atom. The fraction of sp³-hybridized carbons (Fsp3) is 0. The molecule has 0 saturated carbocycles. The Labute approximate surface area is 421 Å². The monoisotopic (exact) mass is 935 g/mol. The van der Waals surface area contributed by atoms with Gasteiger partial charge < -0.3 is 4.57 Å². The van der Waals surface area contributed by atoms with E-state index in [1.54, 1.807) is 0 Å². The van der Waals surface area contributed by atoms with E-state index in [2.05, 4.69) is 83.4 Å². The van der Waals surface area contributed by atoms with Gasteiger partial charge in [0.15, 0.2) is 40.8 Å². The van der Waals surface area contributed by atoms with Gasteiger partial charge in [-0.25, -0.2) is 39.9 Å². The Balaban J connectivity index is 1.05. The molecule has 0 aliphatic rings. The highest BCUT2D eigenvalue weighted by Gasteiger charge is 2.23. The highest BCUT2D eigenvalue weighted by atomic mass is 15.1. The van der Waals surface area contributed by atoms with E-state index in [0.29, 0.717) is 40.8 Å². The molecule has 0 unspecified atom stereocenters. The standard InChI is InChI=1S/C64H41N9/c1-7-21-42(22-8-1)53-41-54(66-58(65-53)43-23-9-2-10-24-43)48-35-37-57(52(39-48)64-71-61(46-29-15-5-16-30-46)68-62(72-64)47-31-17-6-18-32-47)73-55-34-20-19-33-50(55)51-40-49(36-38-56(51)73)63-69-59(44-25-11-3-12-26-44)67-60(70-63)45-27-13-4-14-28-45/h1-41H. The first-order valence-electron chi connectivity index (χ1n) is 24.1. The van der Waals surface area contributed by atoms with Crippen molar-refractivity contribution in [3.63, 3.8) is 0 Å². The molecule has 13 aromatic rings. The summed E-state index contributed by atoms with van der Waals surface area (Å²) in [5.41, 5.74) is 12.5. The normalized spacial score (nSPS) is 11.3. The van der Waals surface area contributed by atoms with Gasteiger partial charge in [0.2, 0.25) is 0 Å². The van der Waals surface area contributed by atoms with Crippen molar-refractivity contribution in [3.05, 3.63) is 249 Å². The molecule has 4 heterocycles. The number of fused-ring (bicyclic) bond motifs is 3. The summed E-state index contributed by atoms with van der Waals surface area (Å²) in [4.78, 5) is 41.3. The maximum Gasteiger partial charge on any atom is 0.166 e. The van der Waals surface area contributed by atoms with Gasteiger partial charge in [-0.15, -0.1) is 0 Å². The lowest BCUT2D eigenvalue weighted by atomic mass is 10.0. The zero-order valence-electron chi connectivity index (χ0n) is 39.2. The summed E-state index contributed by atoms with van der Waals surface area (Å²) in [5, 5.41) is 2.10. The summed E-state index contributed by atoms with van der Waals surface area (Å²) in [6, 6.07) is 84.1. The van der Waals surface area contributed by atoms with E-state index < -0.39 is 0 Å². The molecule has 0 aliphatic heterocycles. The Hall–Kier alpha value is -10.1. The third-order valence-electron chi connectivity index (χ3n) is 12.9. The summed E-state index contributed by atoms with van der Waals surface area (Å²) < 4.78 is 2.31. The molecule has 9 nitrogen and oxygen atoms in total. The number of hydrogen-bond donors (Lipinski definition) is 0. The van der Waals surface area contributed by atoms with Crippen LogP contribution in [0.4, 0.5) is 0 Å². The average molecular weight is 936 g/mol. The molecule has 73 heavy (non-hydrogen) atoms. The summed E-state index contributed by atoms with van der Waals surface area (Å²) in [6.07, 6.45) is 0. The molecule has 0 bridgehead atoms. The van der Waals surface area contributed by atoms with Crippen molar-refractivity contribution in [3.8, 4) is 108 Å². The molecule has 9 aromatic carbocycles. The van der Waals surface area contributed by atoms with Crippen molar-refractivity contribution in [1.29, 1.82) is 0 Å². The predicted octanol–water partition coefficient (Wildman–Crippen LogP) is 14.9. The maximum absolute atomic E-state index is 5.32. The van der Waals surface area contributed by atoms with Gasteiger partial charge in [0.25, 0.3) is 0 Å². The summed E-state index contributed by atoms with van der Waals surface area (Å²) >= 11 is 0. The van der Waals surface area contributed by atoms with Crippen LogP contribution in [-0.4, -0.2) is 44.4 Å². The largest absolute Gasteiger partial charge is 0.309 e. The molecule has 13 rings (SSSR count). The molecule has 0 spiro atoms. The zero-order valence-corrected chi connectivity index (χ0v) is 39.2. The van der Waals surface area contributed by atoms with E-state index >= 15 is 0 Å². The maximum atomic E-state index is 5.32. The van der Waals surface area contributed by atoms with Crippen LogP contribution in [0.1, 0.15) is 0 Å². The van der Waals surface area contributed by atoms with Crippen molar-refractivity contribution in [2.45, 2.75) is 0 Å². The molecule has 0 fully saturated rings. The first-order chi connectivity index (χ1) is 36.2. The number of aromatic nitrogens is 9. The summed E-state index contributed by atoms with van der Waals surface area (Å²) in [7, 11) is 0. The topological polar surface area (TPSA) is 108 Å². The van der Waals surface area contributed by atoms with E-state index in [0.717, 1.165) is 89.0 Å². The molecule has 0 N–H and O–H groups in total. The molecule has 0 saturated heterocycles. The van der Waals surface area contributed by atoms with Gasteiger partial charge in [-0.05, 0) is 42.5 Å². The Morgan fingerprint density at radius 3 is 1.05 bits per heavy atom. The van der Waals surface area contributed by atoms with Crippen LogP contribution < -0.4 is 0 Å². The zero-order chi connectivity index (χ0) is 48.5. The number of nitrogens with zero attached hydrogens (tertiary/aromatic N) is 9. The molecule has 0 aliphatic carbocycles. The van der Waals surface area contributed by atoms with E-state index in [9.17, 15) is 0 Å². The number of para-hydroxylation sites is 1. The average Bonchev–Trinajstić information content (AvgIpc) is 3.81. The molecule has 0 amide bonds. The second-order valence-electron chi connectivity index (χ2n) is 17.6. The molecular weight excluding hydrogens is 895 g/mol. The van der Waals surface area contributed by atoms with Crippen molar-refractivity contribution in [1.82, 2.24) is 44.4 Å². The summed E-state index contributed by atoms with van der Waals surface area (Å²) in [5.74, 6) is 4.06. The van der Waals surface area contributed by atoms with Crippen molar-refractivity contribution in [2.24, 2.45) is 0 Å². The van der Waals surface area contributed by atoms with Gasteiger partial charge >= 0.3 is 0 Å². The number of rotatable bonds is 10. The third kappa shape index (κ3) is 8.36. The number of hydrogen-bond acceptors (Lipinski definition) is 8. The molecule has 9 heteroatoms. The lowest BCUT2D eigenvalue weighted by Gasteiger charge is -2.17. The van der Waals surface area contributed by atoms with Gasteiger partial charge in [0.1, 0.15) is 0 Å². The van der Waals surface area contributed by atoms with Crippen LogP contribution in [-0.2, 0) is 0 Å². The lowest BCUT2D eigenvalue weighted by Crippen LogP contribution is -2.04. The molecular formula is C64H41N9. The van der Waals surface area contributed by atoms with Gasteiger partial charge in [0.05, 0.1) is 28.1 Å². The first kappa shape index (κ1) is 42.9. The molecule has 0 atom stereocenters. The van der Waals surface area contributed by atoms with Crippen molar-refractivity contribution in [2.75, 3.05) is 0 Å².